The predicted molar refractivity (Wildman–Crippen MR) is 99.3 cm³/mol. The van der Waals surface area contributed by atoms with Gasteiger partial charge in [0.05, 0.1) is 19.3 Å². The molecular formula is C21H24O5. The molecule has 2 aromatic carbocycles. The number of ketones is 1. The molecule has 0 aliphatic heterocycles. The monoisotopic (exact) mass is 356 g/mol. The number of rotatable bonds is 7. The molecule has 138 valence electrons. The van der Waals surface area contributed by atoms with Crippen molar-refractivity contribution in [1.29, 1.82) is 0 Å². The molecule has 5 heteroatoms. The van der Waals surface area contributed by atoms with Crippen LogP contribution in [0, 0.1) is 13.8 Å². The minimum absolute atomic E-state index is 0.225. The zero-order chi connectivity index (χ0) is 19.3. The Labute approximate surface area is 153 Å². The van der Waals surface area contributed by atoms with Crippen molar-refractivity contribution in [3.05, 3.63) is 58.7 Å². The normalized spacial score (nSPS) is 11.6. The number of carbonyl (C=O) groups is 2. The van der Waals surface area contributed by atoms with E-state index in [1.165, 1.54) is 7.11 Å². The molecule has 2 rings (SSSR count). The molecule has 0 bridgehead atoms. The summed E-state index contributed by atoms with van der Waals surface area (Å²) < 4.78 is 16.0. The molecule has 0 amide bonds. The number of ether oxygens (including phenoxy) is 3. The molecule has 0 aromatic heterocycles. The lowest BCUT2D eigenvalue weighted by atomic mass is 9.99. The fourth-order valence-electron chi connectivity index (χ4n) is 2.57. The van der Waals surface area contributed by atoms with Crippen LogP contribution in [-0.2, 0) is 4.74 Å². The van der Waals surface area contributed by atoms with Gasteiger partial charge in [0.2, 0.25) is 5.78 Å². The molecule has 0 saturated carbocycles. The van der Waals surface area contributed by atoms with Crippen molar-refractivity contribution in [2.45, 2.75) is 33.8 Å². The summed E-state index contributed by atoms with van der Waals surface area (Å²) in [5.74, 6) is 0.177. The molecule has 0 aliphatic carbocycles. The van der Waals surface area contributed by atoms with E-state index in [1.54, 1.807) is 25.1 Å². The first-order valence-corrected chi connectivity index (χ1v) is 8.50. The van der Waals surface area contributed by atoms with Gasteiger partial charge in [-0.15, -0.1) is 0 Å². The second-order valence-electron chi connectivity index (χ2n) is 6.03. The molecule has 26 heavy (non-hydrogen) atoms. The van der Waals surface area contributed by atoms with Crippen molar-refractivity contribution in [2.75, 3.05) is 13.7 Å². The van der Waals surface area contributed by atoms with Crippen molar-refractivity contribution in [3.8, 4) is 11.5 Å². The summed E-state index contributed by atoms with van der Waals surface area (Å²) in [4.78, 5) is 25.0. The summed E-state index contributed by atoms with van der Waals surface area (Å²) in [6.07, 6.45) is -0.888. The van der Waals surface area contributed by atoms with Crippen molar-refractivity contribution in [3.63, 3.8) is 0 Å². The van der Waals surface area contributed by atoms with Crippen LogP contribution in [0.5, 0.6) is 11.5 Å². The van der Waals surface area contributed by atoms with E-state index in [1.807, 2.05) is 39.0 Å². The van der Waals surface area contributed by atoms with Crippen molar-refractivity contribution < 1.29 is 23.8 Å². The van der Waals surface area contributed by atoms with Gasteiger partial charge >= 0.3 is 5.97 Å². The summed E-state index contributed by atoms with van der Waals surface area (Å²) in [5, 5.41) is 0. The van der Waals surface area contributed by atoms with Crippen LogP contribution in [0.4, 0.5) is 0 Å². The average molecular weight is 356 g/mol. The molecule has 5 nitrogen and oxygen atoms in total. The first-order chi connectivity index (χ1) is 12.4. The molecular weight excluding hydrogens is 332 g/mol. The summed E-state index contributed by atoms with van der Waals surface area (Å²) in [6.45, 7) is 7.70. The van der Waals surface area contributed by atoms with E-state index in [-0.39, 0.29) is 5.78 Å². The molecule has 1 atom stereocenters. The lowest BCUT2D eigenvalue weighted by molar-refractivity contribution is 0.0318. The summed E-state index contributed by atoms with van der Waals surface area (Å²) in [5.41, 5.74) is 2.69. The summed E-state index contributed by atoms with van der Waals surface area (Å²) in [6, 6.07) is 10.4. The van der Waals surface area contributed by atoms with E-state index >= 15 is 0 Å². The molecule has 0 heterocycles. The Morgan fingerprint density at radius 1 is 1.04 bits per heavy atom. The van der Waals surface area contributed by atoms with Crippen LogP contribution in [0.3, 0.4) is 0 Å². The third kappa shape index (κ3) is 4.42. The topological polar surface area (TPSA) is 61.8 Å². The number of methoxy groups -OCH3 is 1. The Balaban J connectivity index is 2.16. The number of carbonyl (C=O) groups excluding carboxylic acids is 2. The first kappa shape index (κ1) is 19.5. The van der Waals surface area contributed by atoms with Crippen LogP contribution >= 0.6 is 0 Å². The number of esters is 1. The van der Waals surface area contributed by atoms with Gasteiger partial charge in [-0.05, 0) is 57.5 Å². The minimum Gasteiger partial charge on any atom is -0.493 e. The third-order valence-electron chi connectivity index (χ3n) is 4.01. The van der Waals surface area contributed by atoms with Gasteiger partial charge < -0.3 is 14.2 Å². The largest absolute Gasteiger partial charge is 0.493 e. The van der Waals surface area contributed by atoms with Crippen LogP contribution in [0.2, 0.25) is 0 Å². The van der Waals surface area contributed by atoms with Gasteiger partial charge in [0, 0.05) is 5.56 Å². The number of hydrogen-bond donors (Lipinski definition) is 0. The predicted octanol–water partition coefficient (Wildman–Crippen LogP) is 4.14. The second kappa shape index (κ2) is 8.52. The SMILES string of the molecule is CCOc1ccc(C(=O)O[C@H](C)C(=O)c2cc(C)ccc2C)cc1OC. The van der Waals surface area contributed by atoms with Crippen LogP contribution in [0.15, 0.2) is 36.4 Å². The molecule has 0 fully saturated rings. The third-order valence-corrected chi connectivity index (χ3v) is 4.01. The highest BCUT2D eigenvalue weighted by Crippen LogP contribution is 2.28. The van der Waals surface area contributed by atoms with E-state index in [2.05, 4.69) is 0 Å². The highest BCUT2D eigenvalue weighted by molar-refractivity contribution is 6.02. The van der Waals surface area contributed by atoms with E-state index < -0.39 is 12.1 Å². The summed E-state index contributed by atoms with van der Waals surface area (Å²) >= 11 is 0. The first-order valence-electron chi connectivity index (χ1n) is 8.50. The maximum Gasteiger partial charge on any atom is 0.338 e. The molecule has 0 aliphatic rings. The highest BCUT2D eigenvalue weighted by Gasteiger charge is 2.22. The van der Waals surface area contributed by atoms with Crippen molar-refractivity contribution in [1.82, 2.24) is 0 Å². The quantitative estimate of drug-likeness (QED) is 0.551. The lowest BCUT2D eigenvalue weighted by Crippen LogP contribution is -2.25. The molecule has 0 N–H and O–H groups in total. The molecule has 0 radical (unpaired) electrons. The van der Waals surface area contributed by atoms with Crippen LogP contribution in [-0.4, -0.2) is 31.6 Å². The van der Waals surface area contributed by atoms with Gasteiger partial charge in [-0.2, -0.15) is 0 Å². The smallest absolute Gasteiger partial charge is 0.338 e. The zero-order valence-electron chi connectivity index (χ0n) is 15.8. The number of Topliss-reactive ketones (excluding diaryl/α,β-unsaturated/α-hetero) is 1. The lowest BCUT2D eigenvalue weighted by Gasteiger charge is -2.15. The fraction of sp³-hybridized carbons (Fsp3) is 0.333. The van der Waals surface area contributed by atoms with Crippen LogP contribution in [0.25, 0.3) is 0 Å². The van der Waals surface area contributed by atoms with Gasteiger partial charge in [0.1, 0.15) is 0 Å². The van der Waals surface area contributed by atoms with Gasteiger partial charge in [0.15, 0.2) is 17.6 Å². The van der Waals surface area contributed by atoms with Gasteiger partial charge in [-0.3, -0.25) is 4.79 Å². The van der Waals surface area contributed by atoms with Crippen molar-refractivity contribution in [2.24, 2.45) is 0 Å². The van der Waals surface area contributed by atoms with Gasteiger partial charge in [-0.1, -0.05) is 17.7 Å². The van der Waals surface area contributed by atoms with E-state index in [0.29, 0.717) is 29.2 Å². The molecule has 0 saturated heterocycles. The summed E-state index contributed by atoms with van der Waals surface area (Å²) in [7, 11) is 1.50. The van der Waals surface area contributed by atoms with Crippen molar-refractivity contribution >= 4 is 11.8 Å². The molecule has 2 aromatic rings. The Morgan fingerprint density at radius 3 is 2.42 bits per heavy atom. The molecule has 0 spiro atoms. The Kier molecular flexibility index (Phi) is 6.39. The second-order valence-corrected chi connectivity index (χ2v) is 6.03. The van der Waals surface area contributed by atoms with E-state index in [9.17, 15) is 9.59 Å². The van der Waals surface area contributed by atoms with Gasteiger partial charge in [0.25, 0.3) is 0 Å². The Bertz CT molecular complexity index is 810. The van der Waals surface area contributed by atoms with Gasteiger partial charge in [-0.25, -0.2) is 4.79 Å². The van der Waals surface area contributed by atoms with E-state index in [4.69, 9.17) is 14.2 Å². The highest BCUT2D eigenvalue weighted by atomic mass is 16.5. The fourth-order valence-corrected chi connectivity index (χ4v) is 2.57. The van der Waals surface area contributed by atoms with Crippen LogP contribution < -0.4 is 9.47 Å². The average Bonchev–Trinajstić information content (AvgIpc) is 2.63. The maximum atomic E-state index is 12.6. The Hall–Kier alpha value is -2.82. The molecule has 0 unspecified atom stereocenters. The maximum absolute atomic E-state index is 12.6. The van der Waals surface area contributed by atoms with E-state index in [0.717, 1.165) is 11.1 Å². The Morgan fingerprint density at radius 2 is 1.77 bits per heavy atom. The standard InChI is InChI=1S/C21H24O5/c1-6-25-18-10-9-16(12-19(18)24-5)21(23)26-15(4)20(22)17-11-13(2)7-8-14(17)3/h7-12,15H,6H2,1-5H3/t15-/m1/s1. The number of benzene rings is 2. The number of hydrogen-bond acceptors (Lipinski definition) is 5. The minimum atomic E-state index is -0.888. The zero-order valence-corrected chi connectivity index (χ0v) is 15.8. The van der Waals surface area contributed by atoms with Crippen LogP contribution in [0.1, 0.15) is 45.7 Å². The number of aryl methyl sites for hydroxylation is 2.